The molecule has 15 heavy (non-hydrogen) atoms. The number of nitrogens with two attached hydrogens (primary N) is 1. The Bertz CT molecular complexity index is 191. The molecule has 3 N–H and O–H groups in total. The molecular formula is C11H22N2O2. The Kier molecular flexibility index (Phi) is 5.65. The van der Waals surface area contributed by atoms with Crippen LogP contribution in [0.15, 0.2) is 0 Å². The number of ether oxygens (including phenoxy) is 1. The predicted molar refractivity (Wildman–Crippen MR) is 59.4 cm³/mol. The first-order valence-electron chi connectivity index (χ1n) is 5.77. The van der Waals surface area contributed by atoms with Gasteiger partial charge in [0.2, 0.25) is 5.91 Å². The van der Waals surface area contributed by atoms with Crippen molar-refractivity contribution in [2.24, 2.45) is 11.7 Å². The molecule has 0 bridgehead atoms. The van der Waals surface area contributed by atoms with Gasteiger partial charge in [0.1, 0.15) is 0 Å². The van der Waals surface area contributed by atoms with E-state index in [4.69, 9.17) is 10.5 Å². The molecule has 1 unspecified atom stereocenters. The summed E-state index contributed by atoms with van der Waals surface area (Å²) in [6.07, 6.45) is 5.67. The highest BCUT2D eigenvalue weighted by Crippen LogP contribution is 2.23. The Labute approximate surface area is 91.5 Å². The molecule has 1 amide bonds. The highest BCUT2D eigenvalue weighted by atomic mass is 16.5. The summed E-state index contributed by atoms with van der Waals surface area (Å²) in [4.78, 5) is 11.8. The molecule has 4 heteroatoms. The Morgan fingerprint density at radius 3 is 2.67 bits per heavy atom. The van der Waals surface area contributed by atoms with E-state index in [2.05, 4.69) is 5.32 Å². The first kappa shape index (κ1) is 12.5. The summed E-state index contributed by atoms with van der Waals surface area (Å²) < 4.78 is 4.99. The Balaban J connectivity index is 2.31. The number of hydrogen-bond donors (Lipinski definition) is 2. The second kappa shape index (κ2) is 6.80. The molecule has 0 heterocycles. The van der Waals surface area contributed by atoms with Crippen molar-refractivity contribution in [3.8, 4) is 0 Å². The molecule has 0 aliphatic heterocycles. The molecule has 1 rings (SSSR count). The largest absolute Gasteiger partial charge is 0.383 e. The van der Waals surface area contributed by atoms with Gasteiger partial charge in [-0.05, 0) is 12.8 Å². The number of rotatable bonds is 5. The molecule has 4 nitrogen and oxygen atoms in total. The van der Waals surface area contributed by atoms with Crippen LogP contribution in [0.1, 0.15) is 32.1 Å². The van der Waals surface area contributed by atoms with Crippen LogP contribution in [0.4, 0.5) is 0 Å². The zero-order chi connectivity index (χ0) is 11.1. The summed E-state index contributed by atoms with van der Waals surface area (Å²) in [6, 6.07) is -0.0376. The summed E-state index contributed by atoms with van der Waals surface area (Å²) in [7, 11) is 1.62. The minimum Gasteiger partial charge on any atom is -0.383 e. The van der Waals surface area contributed by atoms with Gasteiger partial charge in [0.25, 0.3) is 0 Å². The van der Waals surface area contributed by atoms with Gasteiger partial charge < -0.3 is 15.8 Å². The second-order valence-corrected chi connectivity index (χ2v) is 4.23. The van der Waals surface area contributed by atoms with Crippen LogP contribution in [0.3, 0.4) is 0 Å². The number of methoxy groups -OCH3 is 1. The third-order valence-electron chi connectivity index (χ3n) is 2.97. The lowest BCUT2D eigenvalue weighted by Crippen LogP contribution is -2.45. The SMILES string of the molecule is COCC(CN)NC(=O)C1CCCCC1. The maximum absolute atomic E-state index is 11.8. The molecule has 0 aromatic carbocycles. The summed E-state index contributed by atoms with van der Waals surface area (Å²) >= 11 is 0. The number of carbonyl (C=O) groups is 1. The number of hydrogen-bond acceptors (Lipinski definition) is 3. The zero-order valence-corrected chi connectivity index (χ0v) is 9.50. The minimum absolute atomic E-state index is 0.0376. The Morgan fingerprint density at radius 2 is 2.13 bits per heavy atom. The van der Waals surface area contributed by atoms with Gasteiger partial charge in [-0.2, -0.15) is 0 Å². The van der Waals surface area contributed by atoms with Crippen molar-refractivity contribution < 1.29 is 9.53 Å². The van der Waals surface area contributed by atoms with Crippen LogP contribution < -0.4 is 11.1 Å². The van der Waals surface area contributed by atoms with Gasteiger partial charge in [0.05, 0.1) is 12.6 Å². The highest BCUT2D eigenvalue weighted by molar-refractivity contribution is 5.79. The summed E-state index contributed by atoms with van der Waals surface area (Å²) in [5, 5.41) is 2.95. The van der Waals surface area contributed by atoms with Crippen LogP contribution in [-0.4, -0.2) is 32.2 Å². The molecule has 0 spiro atoms. The van der Waals surface area contributed by atoms with Crippen LogP contribution in [0.2, 0.25) is 0 Å². The molecule has 1 atom stereocenters. The van der Waals surface area contributed by atoms with E-state index in [9.17, 15) is 4.79 Å². The van der Waals surface area contributed by atoms with Crippen molar-refractivity contribution in [2.45, 2.75) is 38.1 Å². The fourth-order valence-corrected chi connectivity index (χ4v) is 2.05. The zero-order valence-electron chi connectivity index (χ0n) is 9.50. The molecule has 1 aliphatic carbocycles. The van der Waals surface area contributed by atoms with Gasteiger partial charge in [-0.3, -0.25) is 4.79 Å². The number of nitrogens with one attached hydrogen (secondary N) is 1. The minimum atomic E-state index is -0.0376. The lowest BCUT2D eigenvalue weighted by atomic mass is 9.88. The van der Waals surface area contributed by atoms with Gasteiger partial charge >= 0.3 is 0 Å². The van der Waals surface area contributed by atoms with Crippen LogP contribution in [0.5, 0.6) is 0 Å². The van der Waals surface area contributed by atoms with E-state index in [0.717, 1.165) is 12.8 Å². The van der Waals surface area contributed by atoms with E-state index in [1.807, 2.05) is 0 Å². The normalized spacial score (nSPS) is 19.9. The predicted octanol–water partition coefficient (Wildman–Crippen LogP) is 0.657. The molecule has 0 aromatic rings. The number of carbonyl (C=O) groups excluding carboxylic acids is 1. The average Bonchev–Trinajstić information content (AvgIpc) is 2.29. The molecular weight excluding hydrogens is 192 g/mol. The van der Waals surface area contributed by atoms with Crippen molar-refractivity contribution >= 4 is 5.91 Å². The summed E-state index contributed by atoms with van der Waals surface area (Å²) in [6.45, 7) is 0.932. The molecule has 0 saturated heterocycles. The lowest BCUT2D eigenvalue weighted by molar-refractivity contribution is -0.127. The molecule has 0 radical (unpaired) electrons. The van der Waals surface area contributed by atoms with Crippen molar-refractivity contribution in [1.82, 2.24) is 5.32 Å². The van der Waals surface area contributed by atoms with Gasteiger partial charge in [-0.15, -0.1) is 0 Å². The van der Waals surface area contributed by atoms with E-state index in [1.165, 1.54) is 19.3 Å². The lowest BCUT2D eigenvalue weighted by Gasteiger charge is -2.23. The van der Waals surface area contributed by atoms with E-state index in [-0.39, 0.29) is 17.9 Å². The Morgan fingerprint density at radius 1 is 1.47 bits per heavy atom. The summed E-state index contributed by atoms with van der Waals surface area (Å²) in [5.74, 6) is 0.354. The fraction of sp³-hybridized carbons (Fsp3) is 0.909. The van der Waals surface area contributed by atoms with Crippen LogP contribution >= 0.6 is 0 Å². The van der Waals surface area contributed by atoms with Gasteiger partial charge in [-0.25, -0.2) is 0 Å². The smallest absolute Gasteiger partial charge is 0.223 e. The average molecular weight is 214 g/mol. The van der Waals surface area contributed by atoms with E-state index < -0.39 is 0 Å². The summed E-state index contributed by atoms with van der Waals surface area (Å²) in [5.41, 5.74) is 5.54. The van der Waals surface area contributed by atoms with Crippen LogP contribution in [0.25, 0.3) is 0 Å². The molecule has 1 saturated carbocycles. The maximum atomic E-state index is 11.8. The van der Waals surface area contributed by atoms with E-state index >= 15 is 0 Å². The molecule has 0 aromatic heterocycles. The third-order valence-corrected chi connectivity index (χ3v) is 2.97. The third kappa shape index (κ3) is 4.18. The highest BCUT2D eigenvalue weighted by Gasteiger charge is 2.22. The standard InChI is InChI=1S/C11H22N2O2/c1-15-8-10(7-12)13-11(14)9-5-3-2-4-6-9/h9-10H,2-8,12H2,1H3,(H,13,14). The molecule has 1 aliphatic rings. The monoisotopic (exact) mass is 214 g/mol. The Hall–Kier alpha value is -0.610. The van der Waals surface area contributed by atoms with E-state index in [0.29, 0.717) is 13.2 Å². The van der Waals surface area contributed by atoms with Gasteiger partial charge in [-0.1, -0.05) is 19.3 Å². The first-order chi connectivity index (χ1) is 7.27. The molecule has 88 valence electrons. The van der Waals surface area contributed by atoms with Gasteiger partial charge in [0.15, 0.2) is 0 Å². The van der Waals surface area contributed by atoms with Gasteiger partial charge in [0, 0.05) is 19.6 Å². The quantitative estimate of drug-likeness (QED) is 0.706. The maximum Gasteiger partial charge on any atom is 0.223 e. The molecule has 1 fully saturated rings. The number of amides is 1. The van der Waals surface area contributed by atoms with Crippen molar-refractivity contribution in [3.05, 3.63) is 0 Å². The van der Waals surface area contributed by atoms with E-state index in [1.54, 1.807) is 7.11 Å². The first-order valence-corrected chi connectivity index (χ1v) is 5.77. The van der Waals surface area contributed by atoms with Crippen molar-refractivity contribution in [3.63, 3.8) is 0 Å². The second-order valence-electron chi connectivity index (χ2n) is 4.23. The van der Waals surface area contributed by atoms with Crippen LogP contribution in [0, 0.1) is 5.92 Å². The van der Waals surface area contributed by atoms with Crippen molar-refractivity contribution in [1.29, 1.82) is 0 Å². The fourth-order valence-electron chi connectivity index (χ4n) is 2.05. The van der Waals surface area contributed by atoms with Crippen molar-refractivity contribution in [2.75, 3.05) is 20.3 Å². The topological polar surface area (TPSA) is 64.3 Å². The van der Waals surface area contributed by atoms with Crippen LogP contribution in [-0.2, 0) is 9.53 Å².